The van der Waals surface area contributed by atoms with Gasteiger partial charge in [-0.1, -0.05) is 61.9 Å². The highest BCUT2D eigenvalue weighted by Crippen LogP contribution is 2.25. The Kier molecular flexibility index (Phi) is 5.52. The van der Waals surface area contributed by atoms with Crippen LogP contribution in [0.15, 0.2) is 24.3 Å². The predicted molar refractivity (Wildman–Crippen MR) is 79.1 cm³/mol. The van der Waals surface area contributed by atoms with Gasteiger partial charge in [-0.15, -0.1) is 0 Å². The quantitative estimate of drug-likeness (QED) is 0.801. The maximum atomic E-state index is 6.26. The largest absolute Gasteiger partial charge is 0.307 e. The first-order valence-electron chi connectivity index (χ1n) is 7.28. The molecule has 2 rings (SSSR count). The third-order valence-corrected chi connectivity index (χ3v) is 4.31. The molecule has 0 radical (unpaired) electrons. The van der Waals surface area contributed by atoms with Gasteiger partial charge in [-0.2, -0.15) is 0 Å². The Morgan fingerprint density at radius 1 is 1.06 bits per heavy atom. The summed E-state index contributed by atoms with van der Waals surface area (Å²) < 4.78 is 0. The minimum atomic E-state index is 0.350. The van der Waals surface area contributed by atoms with Crippen LogP contribution in [0.3, 0.4) is 0 Å². The fourth-order valence-corrected chi connectivity index (χ4v) is 3.19. The molecule has 1 saturated carbocycles. The zero-order valence-electron chi connectivity index (χ0n) is 11.3. The lowest BCUT2D eigenvalue weighted by Gasteiger charge is -2.25. The summed E-state index contributed by atoms with van der Waals surface area (Å²) in [5.74, 6) is 0. The van der Waals surface area contributed by atoms with Crippen LogP contribution in [0.2, 0.25) is 5.02 Å². The molecule has 1 atom stereocenters. The van der Waals surface area contributed by atoms with Gasteiger partial charge in [0.1, 0.15) is 0 Å². The van der Waals surface area contributed by atoms with Crippen LogP contribution in [0.4, 0.5) is 0 Å². The van der Waals surface area contributed by atoms with E-state index in [1.165, 1.54) is 50.5 Å². The Morgan fingerprint density at radius 2 is 1.67 bits per heavy atom. The SMILES string of the molecule is CC(NC1CCCCCCC1)c1ccccc1Cl. The molecule has 0 bridgehead atoms. The van der Waals surface area contributed by atoms with Gasteiger partial charge in [0.05, 0.1) is 0 Å². The first-order chi connectivity index (χ1) is 8.77. The number of nitrogens with one attached hydrogen (secondary N) is 1. The van der Waals surface area contributed by atoms with Crippen LogP contribution in [-0.4, -0.2) is 6.04 Å². The molecule has 0 saturated heterocycles. The molecule has 1 unspecified atom stereocenters. The Morgan fingerprint density at radius 3 is 2.33 bits per heavy atom. The average Bonchev–Trinajstić information content (AvgIpc) is 2.33. The topological polar surface area (TPSA) is 12.0 Å². The first kappa shape index (κ1) is 13.9. The third kappa shape index (κ3) is 4.00. The lowest BCUT2D eigenvalue weighted by molar-refractivity contribution is 0.363. The minimum absolute atomic E-state index is 0.350. The van der Waals surface area contributed by atoms with Crippen molar-refractivity contribution < 1.29 is 0 Å². The highest BCUT2D eigenvalue weighted by atomic mass is 35.5. The first-order valence-corrected chi connectivity index (χ1v) is 7.65. The van der Waals surface area contributed by atoms with Gasteiger partial charge in [-0.3, -0.25) is 0 Å². The molecule has 1 aliphatic carbocycles. The maximum Gasteiger partial charge on any atom is 0.0453 e. The van der Waals surface area contributed by atoms with Crippen LogP contribution in [0.5, 0.6) is 0 Å². The van der Waals surface area contributed by atoms with E-state index in [2.05, 4.69) is 24.4 Å². The Labute approximate surface area is 116 Å². The second-order valence-corrected chi connectivity index (χ2v) is 5.86. The monoisotopic (exact) mass is 265 g/mol. The van der Waals surface area contributed by atoms with Gasteiger partial charge in [-0.05, 0) is 31.4 Å². The average molecular weight is 266 g/mol. The summed E-state index contributed by atoms with van der Waals surface area (Å²) >= 11 is 6.26. The van der Waals surface area contributed by atoms with Gasteiger partial charge < -0.3 is 5.32 Å². The molecule has 0 heterocycles. The second-order valence-electron chi connectivity index (χ2n) is 5.45. The molecule has 1 aromatic rings. The number of hydrogen-bond acceptors (Lipinski definition) is 1. The third-order valence-electron chi connectivity index (χ3n) is 3.96. The molecule has 1 aliphatic rings. The standard InChI is InChI=1S/C16H24ClN/c1-13(15-11-7-8-12-16(15)17)18-14-9-5-3-2-4-6-10-14/h7-8,11-14,18H,2-6,9-10H2,1H3. The van der Waals surface area contributed by atoms with E-state index in [4.69, 9.17) is 11.6 Å². The number of rotatable bonds is 3. The van der Waals surface area contributed by atoms with E-state index in [0.29, 0.717) is 12.1 Å². The lowest BCUT2D eigenvalue weighted by atomic mass is 9.95. The van der Waals surface area contributed by atoms with Gasteiger partial charge in [0.15, 0.2) is 0 Å². The van der Waals surface area contributed by atoms with E-state index in [1.54, 1.807) is 0 Å². The highest BCUT2D eigenvalue weighted by Gasteiger charge is 2.16. The molecule has 1 nitrogen and oxygen atoms in total. The highest BCUT2D eigenvalue weighted by molar-refractivity contribution is 6.31. The Bertz CT molecular complexity index is 356. The number of benzene rings is 1. The van der Waals surface area contributed by atoms with Crippen molar-refractivity contribution in [2.24, 2.45) is 0 Å². The fraction of sp³-hybridized carbons (Fsp3) is 0.625. The Balaban J connectivity index is 1.93. The molecule has 1 fully saturated rings. The van der Waals surface area contributed by atoms with E-state index in [-0.39, 0.29) is 0 Å². The molecule has 0 amide bonds. The van der Waals surface area contributed by atoms with Gasteiger partial charge in [0.2, 0.25) is 0 Å². The van der Waals surface area contributed by atoms with Crippen LogP contribution >= 0.6 is 11.6 Å². The summed E-state index contributed by atoms with van der Waals surface area (Å²) in [7, 11) is 0. The van der Waals surface area contributed by atoms with Crippen LogP contribution in [0, 0.1) is 0 Å². The molecule has 2 heteroatoms. The molecule has 0 aliphatic heterocycles. The number of hydrogen-bond donors (Lipinski definition) is 1. The summed E-state index contributed by atoms with van der Waals surface area (Å²) in [6.45, 7) is 2.22. The number of halogens is 1. The van der Waals surface area contributed by atoms with Crippen molar-refractivity contribution in [3.63, 3.8) is 0 Å². The molecule has 1 N–H and O–H groups in total. The fourth-order valence-electron chi connectivity index (χ4n) is 2.89. The van der Waals surface area contributed by atoms with Crippen molar-refractivity contribution in [2.75, 3.05) is 0 Å². The van der Waals surface area contributed by atoms with Gasteiger partial charge in [-0.25, -0.2) is 0 Å². The van der Waals surface area contributed by atoms with E-state index in [1.807, 2.05) is 12.1 Å². The minimum Gasteiger partial charge on any atom is -0.307 e. The molecule has 0 spiro atoms. The summed E-state index contributed by atoms with van der Waals surface area (Å²) in [4.78, 5) is 0. The van der Waals surface area contributed by atoms with Crippen molar-refractivity contribution in [3.05, 3.63) is 34.9 Å². The summed E-state index contributed by atoms with van der Waals surface area (Å²) in [5, 5.41) is 4.64. The van der Waals surface area contributed by atoms with Gasteiger partial charge in [0, 0.05) is 17.1 Å². The van der Waals surface area contributed by atoms with Gasteiger partial charge in [0.25, 0.3) is 0 Å². The summed E-state index contributed by atoms with van der Waals surface area (Å²) in [6.07, 6.45) is 9.59. The normalized spacial score (nSPS) is 20.1. The van der Waals surface area contributed by atoms with E-state index in [0.717, 1.165) is 5.02 Å². The maximum absolute atomic E-state index is 6.26. The van der Waals surface area contributed by atoms with Crippen molar-refractivity contribution in [1.82, 2.24) is 5.32 Å². The van der Waals surface area contributed by atoms with Crippen LogP contribution in [-0.2, 0) is 0 Å². The summed E-state index contributed by atoms with van der Waals surface area (Å²) in [5.41, 5.74) is 1.22. The molecule has 18 heavy (non-hydrogen) atoms. The van der Waals surface area contributed by atoms with Gasteiger partial charge >= 0.3 is 0 Å². The van der Waals surface area contributed by atoms with Crippen molar-refractivity contribution in [1.29, 1.82) is 0 Å². The van der Waals surface area contributed by atoms with Crippen LogP contribution in [0.1, 0.15) is 63.5 Å². The van der Waals surface area contributed by atoms with Crippen LogP contribution < -0.4 is 5.32 Å². The molecular weight excluding hydrogens is 242 g/mol. The van der Waals surface area contributed by atoms with Crippen LogP contribution in [0.25, 0.3) is 0 Å². The van der Waals surface area contributed by atoms with E-state index >= 15 is 0 Å². The van der Waals surface area contributed by atoms with E-state index < -0.39 is 0 Å². The smallest absolute Gasteiger partial charge is 0.0453 e. The van der Waals surface area contributed by atoms with Crippen molar-refractivity contribution in [2.45, 2.75) is 64.0 Å². The zero-order valence-corrected chi connectivity index (χ0v) is 12.0. The zero-order chi connectivity index (χ0) is 12.8. The predicted octanol–water partition coefficient (Wildman–Crippen LogP) is 5.10. The molecule has 100 valence electrons. The molecule has 0 aromatic heterocycles. The molecule has 1 aromatic carbocycles. The Hall–Kier alpha value is -0.530. The molecular formula is C16H24ClN. The summed E-state index contributed by atoms with van der Waals surface area (Å²) in [6, 6.07) is 9.18. The van der Waals surface area contributed by atoms with Crippen molar-refractivity contribution >= 4 is 11.6 Å². The lowest BCUT2D eigenvalue weighted by Crippen LogP contribution is -2.32. The van der Waals surface area contributed by atoms with Crippen molar-refractivity contribution in [3.8, 4) is 0 Å². The van der Waals surface area contributed by atoms with E-state index in [9.17, 15) is 0 Å². The second kappa shape index (κ2) is 7.16.